The van der Waals surface area contributed by atoms with Crippen molar-refractivity contribution in [1.29, 1.82) is 0 Å². The number of halogens is 1. The fourth-order valence-corrected chi connectivity index (χ4v) is 7.84. The highest BCUT2D eigenvalue weighted by atomic mass is 35.5. The Labute approximate surface area is 241 Å². The molecule has 0 radical (unpaired) electrons. The van der Waals surface area contributed by atoms with Gasteiger partial charge in [0, 0.05) is 36.0 Å². The predicted octanol–water partition coefficient (Wildman–Crippen LogP) is 6.04. The molecule has 7 nitrogen and oxygen atoms in total. The van der Waals surface area contributed by atoms with E-state index in [0.717, 1.165) is 42.0 Å². The van der Waals surface area contributed by atoms with Gasteiger partial charge >= 0.3 is 0 Å². The number of nitrogens with zero attached hydrogens (tertiary/aromatic N) is 2. The number of hydrogen-bond donors (Lipinski definition) is 1. The number of carbonyl (C=O) groups is 2. The Hall–Kier alpha value is -3.10. The molecule has 0 bridgehead atoms. The van der Waals surface area contributed by atoms with Gasteiger partial charge in [-0.1, -0.05) is 74.2 Å². The summed E-state index contributed by atoms with van der Waals surface area (Å²) in [4.78, 5) is 29.1. The smallest absolute Gasteiger partial charge is 0.265 e. The molecule has 2 amide bonds. The Morgan fingerprint density at radius 2 is 1.73 bits per heavy atom. The molecule has 9 heteroatoms. The summed E-state index contributed by atoms with van der Waals surface area (Å²) >= 11 is 6.08. The molecule has 1 aliphatic carbocycles. The second kappa shape index (κ2) is 12.2. The average Bonchev–Trinajstić information content (AvgIpc) is 3.17. The van der Waals surface area contributed by atoms with Crippen molar-refractivity contribution < 1.29 is 18.0 Å². The van der Waals surface area contributed by atoms with Crippen LogP contribution in [0.3, 0.4) is 0 Å². The molecule has 1 saturated carbocycles. The third-order valence-electron chi connectivity index (χ3n) is 8.04. The highest BCUT2D eigenvalue weighted by Gasteiger charge is 2.36. The van der Waals surface area contributed by atoms with Crippen LogP contribution in [0.4, 0.5) is 5.69 Å². The zero-order valence-electron chi connectivity index (χ0n) is 22.8. The SMILES string of the molecule is CC[C@@H](C(=O)NC1CCCCC1)N(Cc1ccc(Cl)cc1)C(=O)CCCN1c2cccc3cccc(c23)S1(=O)=O. The lowest BCUT2D eigenvalue weighted by Gasteiger charge is -2.33. The molecule has 212 valence electrons. The van der Waals surface area contributed by atoms with Crippen molar-refractivity contribution in [2.45, 2.75) is 81.8 Å². The first-order chi connectivity index (χ1) is 19.3. The molecule has 3 aromatic carbocycles. The van der Waals surface area contributed by atoms with E-state index in [1.165, 1.54) is 10.7 Å². The fraction of sp³-hybridized carbons (Fsp3) is 0.419. The fourth-order valence-electron chi connectivity index (χ4n) is 5.97. The highest BCUT2D eigenvalue weighted by molar-refractivity contribution is 7.93. The van der Waals surface area contributed by atoms with Gasteiger partial charge in [0.2, 0.25) is 11.8 Å². The first-order valence-electron chi connectivity index (χ1n) is 14.2. The number of sulfonamides is 1. The monoisotopic (exact) mass is 581 g/mol. The van der Waals surface area contributed by atoms with Crippen molar-refractivity contribution in [1.82, 2.24) is 10.2 Å². The van der Waals surface area contributed by atoms with Gasteiger partial charge in [-0.3, -0.25) is 13.9 Å². The maximum atomic E-state index is 13.7. The van der Waals surface area contributed by atoms with Crippen molar-refractivity contribution in [3.63, 3.8) is 0 Å². The Morgan fingerprint density at radius 3 is 2.42 bits per heavy atom. The van der Waals surface area contributed by atoms with E-state index in [-0.39, 0.29) is 37.4 Å². The van der Waals surface area contributed by atoms with Crippen molar-refractivity contribution in [3.8, 4) is 0 Å². The first kappa shape index (κ1) is 28.4. The molecule has 1 heterocycles. The van der Waals surface area contributed by atoms with E-state index in [9.17, 15) is 18.0 Å². The van der Waals surface area contributed by atoms with Crippen LogP contribution < -0.4 is 9.62 Å². The zero-order chi connectivity index (χ0) is 28.3. The molecule has 1 atom stereocenters. The second-order valence-corrected chi connectivity index (χ2v) is 13.0. The molecule has 0 saturated heterocycles. The van der Waals surface area contributed by atoms with Crippen LogP contribution in [0.5, 0.6) is 0 Å². The summed E-state index contributed by atoms with van der Waals surface area (Å²) < 4.78 is 28.1. The van der Waals surface area contributed by atoms with Gasteiger partial charge in [-0.25, -0.2) is 8.42 Å². The predicted molar refractivity (Wildman–Crippen MR) is 159 cm³/mol. The van der Waals surface area contributed by atoms with E-state index in [0.29, 0.717) is 28.4 Å². The van der Waals surface area contributed by atoms with E-state index >= 15 is 0 Å². The molecule has 1 aliphatic heterocycles. The Bertz CT molecular complexity index is 1480. The molecule has 0 spiro atoms. The van der Waals surface area contributed by atoms with Gasteiger partial charge in [0.1, 0.15) is 6.04 Å². The van der Waals surface area contributed by atoms with Gasteiger partial charge < -0.3 is 10.2 Å². The summed E-state index contributed by atoms with van der Waals surface area (Å²) in [6.07, 6.45) is 6.27. The minimum Gasteiger partial charge on any atom is -0.352 e. The lowest BCUT2D eigenvalue weighted by atomic mass is 9.95. The molecule has 0 unspecified atom stereocenters. The van der Waals surface area contributed by atoms with E-state index in [1.54, 1.807) is 29.2 Å². The van der Waals surface area contributed by atoms with Crippen LogP contribution in [0.15, 0.2) is 65.6 Å². The van der Waals surface area contributed by atoms with Crippen molar-refractivity contribution in [2.75, 3.05) is 10.8 Å². The van der Waals surface area contributed by atoms with Crippen LogP contribution in [0.25, 0.3) is 10.8 Å². The quantitative estimate of drug-likeness (QED) is 0.316. The number of benzene rings is 3. The summed E-state index contributed by atoms with van der Waals surface area (Å²) in [7, 11) is -3.69. The number of rotatable bonds is 10. The first-order valence-corrected chi connectivity index (χ1v) is 16.0. The lowest BCUT2D eigenvalue weighted by molar-refractivity contribution is -0.141. The molecule has 5 rings (SSSR count). The molecule has 0 aromatic heterocycles. The summed E-state index contributed by atoms with van der Waals surface area (Å²) in [6.45, 7) is 2.38. The Balaban J connectivity index is 1.31. The van der Waals surface area contributed by atoms with E-state index < -0.39 is 16.1 Å². The summed E-state index contributed by atoms with van der Waals surface area (Å²) in [5.74, 6) is -0.297. The van der Waals surface area contributed by atoms with E-state index in [4.69, 9.17) is 11.6 Å². The van der Waals surface area contributed by atoms with Crippen LogP contribution in [0, 0.1) is 0 Å². The summed E-state index contributed by atoms with van der Waals surface area (Å²) in [5.41, 5.74) is 1.53. The average molecular weight is 582 g/mol. The standard InChI is InChI=1S/C31H36ClN3O4S/c1-2-26(31(37)33-25-11-4-3-5-12-25)34(21-22-16-18-24(32)19-17-22)29(36)15-8-20-35-27-13-6-9-23-10-7-14-28(30(23)27)40(35,38)39/h6-7,9-10,13-14,16-19,25-26H,2-5,8,11-12,15,20-21H2,1H3,(H,33,37)/t26-/m0/s1. The van der Waals surface area contributed by atoms with Crippen LogP contribution in [0.1, 0.15) is 63.9 Å². The molecule has 1 fully saturated rings. The number of nitrogens with one attached hydrogen (secondary N) is 1. The second-order valence-electron chi connectivity index (χ2n) is 10.7. The van der Waals surface area contributed by atoms with Crippen LogP contribution in [0.2, 0.25) is 5.02 Å². The van der Waals surface area contributed by atoms with Crippen molar-refractivity contribution >= 4 is 49.9 Å². The topological polar surface area (TPSA) is 86.8 Å². The van der Waals surface area contributed by atoms with Gasteiger partial charge in [0.25, 0.3) is 10.0 Å². The largest absolute Gasteiger partial charge is 0.352 e. The molecule has 3 aromatic rings. The number of carbonyl (C=O) groups excluding carboxylic acids is 2. The van der Waals surface area contributed by atoms with Crippen molar-refractivity contribution in [3.05, 3.63) is 71.2 Å². The third-order valence-corrected chi connectivity index (χ3v) is 10.1. The Morgan fingerprint density at radius 1 is 1.02 bits per heavy atom. The number of hydrogen-bond acceptors (Lipinski definition) is 4. The molecule has 1 N–H and O–H groups in total. The van der Waals surface area contributed by atoms with Crippen LogP contribution in [-0.2, 0) is 26.2 Å². The molecular formula is C31H36ClN3O4S. The van der Waals surface area contributed by atoms with Crippen molar-refractivity contribution in [2.24, 2.45) is 0 Å². The summed E-state index contributed by atoms with van der Waals surface area (Å²) in [5, 5.41) is 5.40. The van der Waals surface area contributed by atoms with Gasteiger partial charge in [-0.05, 0) is 60.9 Å². The van der Waals surface area contributed by atoms with Crippen LogP contribution >= 0.6 is 11.6 Å². The van der Waals surface area contributed by atoms with Gasteiger partial charge in [-0.15, -0.1) is 0 Å². The molecular weight excluding hydrogens is 546 g/mol. The minimum atomic E-state index is -3.69. The van der Waals surface area contributed by atoms with Gasteiger partial charge in [-0.2, -0.15) is 0 Å². The van der Waals surface area contributed by atoms with E-state index in [1.807, 2.05) is 43.3 Å². The van der Waals surface area contributed by atoms with Gasteiger partial charge in [0.05, 0.1) is 10.6 Å². The minimum absolute atomic E-state index is 0.124. The molecule has 40 heavy (non-hydrogen) atoms. The third kappa shape index (κ3) is 5.84. The highest BCUT2D eigenvalue weighted by Crippen LogP contribution is 2.42. The maximum absolute atomic E-state index is 13.7. The number of anilines is 1. The Kier molecular flexibility index (Phi) is 8.66. The van der Waals surface area contributed by atoms with E-state index in [2.05, 4.69) is 5.32 Å². The zero-order valence-corrected chi connectivity index (χ0v) is 24.4. The number of amides is 2. The molecule has 2 aliphatic rings. The summed E-state index contributed by atoms with van der Waals surface area (Å²) in [6, 6.07) is 17.7. The van der Waals surface area contributed by atoms with Crippen LogP contribution in [-0.4, -0.2) is 43.8 Å². The maximum Gasteiger partial charge on any atom is 0.265 e. The van der Waals surface area contributed by atoms with Gasteiger partial charge in [0.15, 0.2) is 0 Å². The normalized spacial score (nSPS) is 17.1. The lowest BCUT2D eigenvalue weighted by Crippen LogP contribution is -2.51.